The Morgan fingerprint density at radius 2 is 2.09 bits per heavy atom. The van der Waals surface area contributed by atoms with E-state index in [1.807, 2.05) is 18.2 Å². The Morgan fingerprint density at radius 3 is 2.45 bits per heavy atom. The molecule has 1 atom stereocenters. The molecule has 1 N–H and O–H groups in total. The van der Waals surface area contributed by atoms with E-state index >= 15 is 0 Å². The molecule has 0 aliphatic carbocycles. The molecule has 0 aliphatic rings. The Labute approximate surface area is 69.4 Å². The lowest BCUT2D eigenvalue weighted by Crippen LogP contribution is -2.16. The van der Waals surface area contributed by atoms with Crippen LogP contribution in [0.4, 0.5) is 0 Å². The van der Waals surface area contributed by atoms with Gasteiger partial charge in [-0.15, -0.1) is 6.58 Å². The van der Waals surface area contributed by atoms with Gasteiger partial charge in [0.05, 0.1) is 5.60 Å². The van der Waals surface area contributed by atoms with Crippen molar-refractivity contribution in [3.63, 3.8) is 0 Å². The van der Waals surface area contributed by atoms with E-state index in [1.165, 1.54) is 0 Å². The van der Waals surface area contributed by atoms with E-state index in [9.17, 15) is 5.11 Å². The molecular formula is C10H18O. The third kappa shape index (κ3) is 7.34. The van der Waals surface area contributed by atoms with E-state index in [0.717, 1.165) is 0 Å². The zero-order valence-corrected chi connectivity index (χ0v) is 7.67. The molecule has 0 aromatic heterocycles. The van der Waals surface area contributed by atoms with Crippen molar-refractivity contribution in [2.24, 2.45) is 5.92 Å². The molecule has 0 rings (SSSR count). The summed E-state index contributed by atoms with van der Waals surface area (Å²) in [5, 5.41) is 9.33. The molecule has 0 bridgehead atoms. The lowest BCUT2D eigenvalue weighted by atomic mass is 10.0. The lowest BCUT2D eigenvalue weighted by molar-refractivity contribution is 0.0838. The molecule has 0 saturated heterocycles. The topological polar surface area (TPSA) is 20.2 Å². The quantitative estimate of drug-likeness (QED) is 0.617. The first-order valence-corrected chi connectivity index (χ1v) is 3.97. The summed E-state index contributed by atoms with van der Waals surface area (Å²) in [6, 6.07) is 0. The van der Waals surface area contributed by atoms with Crippen LogP contribution in [0, 0.1) is 5.92 Å². The fourth-order valence-electron chi connectivity index (χ4n) is 0.650. The highest BCUT2D eigenvalue weighted by Crippen LogP contribution is 2.09. The van der Waals surface area contributed by atoms with Crippen LogP contribution >= 0.6 is 0 Å². The zero-order valence-electron chi connectivity index (χ0n) is 7.67. The van der Waals surface area contributed by atoms with E-state index in [-0.39, 0.29) is 0 Å². The van der Waals surface area contributed by atoms with Crippen molar-refractivity contribution < 1.29 is 5.11 Å². The van der Waals surface area contributed by atoms with Crippen LogP contribution in [0.5, 0.6) is 0 Å². The van der Waals surface area contributed by atoms with Gasteiger partial charge in [0, 0.05) is 0 Å². The molecule has 0 fully saturated rings. The summed E-state index contributed by atoms with van der Waals surface area (Å²) in [7, 11) is 0. The van der Waals surface area contributed by atoms with Gasteiger partial charge in [-0.3, -0.25) is 0 Å². The number of hydrogen-bond donors (Lipinski definition) is 1. The summed E-state index contributed by atoms with van der Waals surface area (Å²) in [4.78, 5) is 0. The summed E-state index contributed by atoms with van der Waals surface area (Å²) in [6.45, 7) is 9.33. The minimum Gasteiger partial charge on any atom is -0.390 e. The second-order valence-electron chi connectivity index (χ2n) is 3.54. The number of allylic oxidation sites excluding steroid dienone is 2. The van der Waals surface area contributed by atoms with E-state index in [4.69, 9.17) is 0 Å². The van der Waals surface area contributed by atoms with Crippen LogP contribution in [0.3, 0.4) is 0 Å². The molecule has 64 valence electrons. The first-order valence-electron chi connectivity index (χ1n) is 3.97. The highest BCUT2D eigenvalue weighted by Gasteiger charge is 2.08. The Kier molecular flexibility index (Phi) is 4.12. The van der Waals surface area contributed by atoms with E-state index in [2.05, 4.69) is 13.5 Å². The largest absolute Gasteiger partial charge is 0.390 e. The second-order valence-corrected chi connectivity index (χ2v) is 3.54. The Balaban J connectivity index is 3.69. The minimum absolute atomic E-state index is 0.400. The fraction of sp³-hybridized carbons (Fsp3) is 0.600. The standard InChI is InChI=1S/C10H18O/c1-5-9(2)7-6-8-10(3,4)11/h5-7,9,11H,1,8H2,2-4H3/b7-6+/t9-/m0/s1. The van der Waals surface area contributed by atoms with Crippen molar-refractivity contribution in [2.75, 3.05) is 0 Å². The van der Waals surface area contributed by atoms with Gasteiger partial charge in [-0.05, 0) is 26.2 Å². The molecule has 11 heavy (non-hydrogen) atoms. The van der Waals surface area contributed by atoms with Crippen molar-refractivity contribution in [1.29, 1.82) is 0 Å². The van der Waals surface area contributed by atoms with Crippen molar-refractivity contribution in [3.8, 4) is 0 Å². The summed E-state index contributed by atoms with van der Waals surface area (Å²) in [5.41, 5.74) is -0.586. The van der Waals surface area contributed by atoms with Crippen LogP contribution in [0.1, 0.15) is 27.2 Å². The van der Waals surface area contributed by atoms with Crippen LogP contribution in [0.25, 0.3) is 0 Å². The maximum atomic E-state index is 9.33. The highest BCUT2D eigenvalue weighted by molar-refractivity contribution is 4.96. The van der Waals surface area contributed by atoms with Crippen LogP contribution in [0.2, 0.25) is 0 Å². The Bertz CT molecular complexity index is 139. The summed E-state index contributed by atoms with van der Waals surface area (Å²) in [6.07, 6.45) is 6.61. The molecule has 0 radical (unpaired) electrons. The van der Waals surface area contributed by atoms with Gasteiger partial charge in [0.2, 0.25) is 0 Å². The second kappa shape index (κ2) is 4.35. The molecule has 0 heterocycles. The Hall–Kier alpha value is -0.560. The molecule has 0 aliphatic heterocycles. The zero-order chi connectivity index (χ0) is 8.91. The molecule has 1 nitrogen and oxygen atoms in total. The first kappa shape index (κ1) is 10.4. The third-order valence-electron chi connectivity index (χ3n) is 1.43. The van der Waals surface area contributed by atoms with Gasteiger partial charge in [-0.1, -0.05) is 25.2 Å². The molecular weight excluding hydrogens is 136 g/mol. The predicted molar refractivity (Wildman–Crippen MR) is 49.4 cm³/mol. The van der Waals surface area contributed by atoms with Crippen molar-refractivity contribution in [2.45, 2.75) is 32.8 Å². The molecule has 0 spiro atoms. The third-order valence-corrected chi connectivity index (χ3v) is 1.43. The van der Waals surface area contributed by atoms with E-state index in [1.54, 1.807) is 13.8 Å². The normalized spacial score (nSPS) is 15.3. The van der Waals surface area contributed by atoms with E-state index in [0.29, 0.717) is 12.3 Å². The van der Waals surface area contributed by atoms with Gasteiger partial charge in [0.1, 0.15) is 0 Å². The summed E-state index contributed by atoms with van der Waals surface area (Å²) in [5.74, 6) is 0.400. The van der Waals surface area contributed by atoms with Gasteiger partial charge in [0.15, 0.2) is 0 Å². The molecule has 0 amide bonds. The van der Waals surface area contributed by atoms with Gasteiger partial charge >= 0.3 is 0 Å². The van der Waals surface area contributed by atoms with Gasteiger partial charge in [-0.2, -0.15) is 0 Å². The maximum absolute atomic E-state index is 9.33. The van der Waals surface area contributed by atoms with Crippen molar-refractivity contribution >= 4 is 0 Å². The van der Waals surface area contributed by atoms with Crippen LogP contribution in [0.15, 0.2) is 24.8 Å². The van der Waals surface area contributed by atoms with Gasteiger partial charge in [0.25, 0.3) is 0 Å². The fourth-order valence-corrected chi connectivity index (χ4v) is 0.650. The molecule has 0 aromatic rings. The highest BCUT2D eigenvalue weighted by atomic mass is 16.3. The smallest absolute Gasteiger partial charge is 0.0626 e. The minimum atomic E-state index is -0.586. The van der Waals surface area contributed by atoms with Gasteiger partial charge in [-0.25, -0.2) is 0 Å². The first-order chi connectivity index (χ1) is 4.95. The average Bonchev–Trinajstić information content (AvgIpc) is 1.85. The molecule has 0 unspecified atom stereocenters. The number of aliphatic hydroxyl groups is 1. The maximum Gasteiger partial charge on any atom is 0.0626 e. The lowest BCUT2D eigenvalue weighted by Gasteiger charge is -2.13. The van der Waals surface area contributed by atoms with Crippen LogP contribution < -0.4 is 0 Å². The van der Waals surface area contributed by atoms with Gasteiger partial charge < -0.3 is 5.11 Å². The summed E-state index contributed by atoms with van der Waals surface area (Å²) < 4.78 is 0. The molecule has 0 saturated carbocycles. The Morgan fingerprint density at radius 1 is 1.55 bits per heavy atom. The molecule has 0 aromatic carbocycles. The molecule has 1 heteroatoms. The number of rotatable bonds is 4. The van der Waals surface area contributed by atoms with Crippen molar-refractivity contribution in [1.82, 2.24) is 0 Å². The van der Waals surface area contributed by atoms with Crippen molar-refractivity contribution in [3.05, 3.63) is 24.8 Å². The number of hydrogen-bond acceptors (Lipinski definition) is 1. The monoisotopic (exact) mass is 154 g/mol. The predicted octanol–water partition coefficient (Wildman–Crippen LogP) is 2.53. The van der Waals surface area contributed by atoms with Crippen LogP contribution in [-0.2, 0) is 0 Å². The SMILES string of the molecule is C=C[C@H](C)/C=C/CC(C)(C)O. The average molecular weight is 154 g/mol. The summed E-state index contributed by atoms with van der Waals surface area (Å²) >= 11 is 0. The van der Waals surface area contributed by atoms with E-state index < -0.39 is 5.60 Å². The van der Waals surface area contributed by atoms with Crippen LogP contribution in [-0.4, -0.2) is 10.7 Å².